The van der Waals surface area contributed by atoms with Gasteiger partial charge in [0.15, 0.2) is 0 Å². The maximum atomic E-state index is 3.63. The van der Waals surface area contributed by atoms with E-state index in [-0.39, 0.29) is 0 Å². The lowest BCUT2D eigenvalue weighted by Gasteiger charge is -2.21. The molecule has 1 nitrogen and oxygen atoms in total. The highest BCUT2D eigenvalue weighted by atomic mass is 32.1. The van der Waals surface area contributed by atoms with Crippen LogP contribution in [0.25, 0.3) is 0 Å². The Kier molecular flexibility index (Phi) is 5.34. The van der Waals surface area contributed by atoms with Gasteiger partial charge in [0.05, 0.1) is 0 Å². The van der Waals surface area contributed by atoms with Gasteiger partial charge in [0.1, 0.15) is 0 Å². The monoisotopic (exact) mass is 225 g/mol. The van der Waals surface area contributed by atoms with Crippen LogP contribution in [0, 0.1) is 5.92 Å². The van der Waals surface area contributed by atoms with E-state index < -0.39 is 0 Å². The third-order valence-corrected chi connectivity index (χ3v) is 4.38. The van der Waals surface area contributed by atoms with E-state index in [1.807, 2.05) is 11.3 Å². The fourth-order valence-electron chi connectivity index (χ4n) is 1.59. The highest BCUT2D eigenvalue weighted by Gasteiger charge is 2.12. The Morgan fingerprint density at radius 3 is 2.60 bits per heavy atom. The van der Waals surface area contributed by atoms with Crippen molar-refractivity contribution in [3.05, 3.63) is 22.4 Å². The van der Waals surface area contributed by atoms with E-state index in [1.54, 1.807) is 0 Å². The molecule has 0 aliphatic heterocycles. The quantitative estimate of drug-likeness (QED) is 0.775. The smallest absolute Gasteiger partial charge is 0.00860 e. The Bertz CT molecular complexity index is 256. The third kappa shape index (κ3) is 3.96. The van der Waals surface area contributed by atoms with E-state index in [4.69, 9.17) is 0 Å². The van der Waals surface area contributed by atoms with Gasteiger partial charge < -0.3 is 5.32 Å². The second-order valence-electron chi connectivity index (χ2n) is 4.50. The SMILES string of the molecule is CCC(C)C(C)NCC(C)c1cccs1. The first kappa shape index (κ1) is 12.7. The fourth-order valence-corrected chi connectivity index (χ4v) is 2.38. The summed E-state index contributed by atoms with van der Waals surface area (Å²) in [6, 6.07) is 4.98. The lowest BCUT2D eigenvalue weighted by molar-refractivity contribution is 0.384. The van der Waals surface area contributed by atoms with Crippen molar-refractivity contribution in [2.75, 3.05) is 6.54 Å². The number of hydrogen-bond acceptors (Lipinski definition) is 2. The molecule has 0 bridgehead atoms. The summed E-state index contributed by atoms with van der Waals surface area (Å²) in [7, 11) is 0. The molecule has 0 amide bonds. The molecule has 0 saturated heterocycles. The van der Waals surface area contributed by atoms with E-state index in [9.17, 15) is 0 Å². The summed E-state index contributed by atoms with van der Waals surface area (Å²) in [6.45, 7) is 10.2. The second kappa shape index (κ2) is 6.29. The van der Waals surface area contributed by atoms with Crippen molar-refractivity contribution in [2.45, 2.75) is 46.1 Å². The summed E-state index contributed by atoms with van der Waals surface area (Å²) in [5, 5.41) is 5.78. The first-order valence-corrected chi connectivity index (χ1v) is 6.79. The summed E-state index contributed by atoms with van der Waals surface area (Å²) in [4.78, 5) is 1.49. The minimum atomic E-state index is 0.623. The zero-order valence-electron chi connectivity index (χ0n) is 10.3. The first-order valence-electron chi connectivity index (χ1n) is 5.92. The molecule has 1 N–H and O–H groups in total. The number of nitrogens with one attached hydrogen (secondary N) is 1. The molecule has 3 atom stereocenters. The predicted octanol–water partition coefficient (Wildman–Crippen LogP) is 3.88. The van der Waals surface area contributed by atoms with E-state index in [2.05, 4.69) is 50.5 Å². The molecule has 0 aromatic carbocycles. The highest BCUT2D eigenvalue weighted by molar-refractivity contribution is 7.10. The first-order chi connectivity index (χ1) is 7.15. The summed E-state index contributed by atoms with van der Waals surface area (Å²) in [5.74, 6) is 1.40. The summed E-state index contributed by atoms with van der Waals surface area (Å²) >= 11 is 1.86. The topological polar surface area (TPSA) is 12.0 Å². The van der Waals surface area contributed by atoms with Crippen LogP contribution in [0.1, 0.15) is 44.9 Å². The minimum Gasteiger partial charge on any atom is -0.313 e. The van der Waals surface area contributed by atoms with Gasteiger partial charge in [-0.3, -0.25) is 0 Å². The number of thiophene rings is 1. The molecular weight excluding hydrogens is 202 g/mol. The Balaban J connectivity index is 2.31. The van der Waals surface area contributed by atoms with E-state index in [1.165, 1.54) is 11.3 Å². The normalized spacial score (nSPS) is 17.3. The van der Waals surface area contributed by atoms with Gasteiger partial charge in [0.25, 0.3) is 0 Å². The molecule has 1 aromatic rings. The molecule has 1 heterocycles. The van der Waals surface area contributed by atoms with Crippen molar-refractivity contribution in [2.24, 2.45) is 5.92 Å². The van der Waals surface area contributed by atoms with Crippen LogP contribution in [0.4, 0.5) is 0 Å². The average Bonchev–Trinajstić information content (AvgIpc) is 2.77. The van der Waals surface area contributed by atoms with Crippen LogP contribution < -0.4 is 5.32 Å². The second-order valence-corrected chi connectivity index (χ2v) is 5.48. The molecule has 15 heavy (non-hydrogen) atoms. The zero-order valence-corrected chi connectivity index (χ0v) is 11.1. The van der Waals surface area contributed by atoms with Crippen LogP contribution in [0.2, 0.25) is 0 Å². The zero-order chi connectivity index (χ0) is 11.3. The van der Waals surface area contributed by atoms with Crippen molar-refractivity contribution in [1.82, 2.24) is 5.32 Å². The Morgan fingerprint density at radius 1 is 1.33 bits per heavy atom. The molecule has 3 unspecified atom stereocenters. The molecule has 0 aliphatic rings. The maximum absolute atomic E-state index is 3.63. The molecule has 1 aromatic heterocycles. The molecule has 0 radical (unpaired) electrons. The van der Waals surface area contributed by atoms with Crippen molar-refractivity contribution in [1.29, 1.82) is 0 Å². The van der Waals surface area contributed by atoms with Gasteiger partial charge >= 0.3 is 0 Å². The standard InChI is InChI=1S/C13H23NS/c1-5-10(2)12(4)14-9-11(3)13-7-6-8-15-13/h6-8,10-12,14H,5,9H2,1-4H3. The summed E-state index contributed by atoms with van der Waals surface area (Å²) in [6.07, 6.45) is 1.25. The molecule has 0 spiro atoms. The molecule has 0 saturated carbocycles. The van der Waals surface area contributed by atoms with Gasteiger partial charge in [-0.2, -0.15) is 0 Å². The summed E-state index contributed by atoms with van der Waals surface area (Å²) in [5.41, 5.74) is 0. The molecule has 1 rings (SSSR count). The average molecular weight is 225 g/mol. The minimum absolute atomic E-state index is 0.623. The van der Waals surface area contributed by atoms with Gasteiger partial charge in [0.2, 0.25) is 0 Å². The van der Waals surface area contributed by atoms with Gasteiger partial charge in [0, 0.05) is 23.4 Å². The Hall–Kier alpha value is -0.340. The number of hydrogen-bond donors (Lipinski definition) is 1. The third-order valence-electron chi connectivity index (χ3n) is 3.27. The lowest BCUT2D eigenvalue weighted by atomic mass is 10.00. The largest absolute Gasteiger partial charge is 0.313 e. The van der Waals surface area contributed by atoms with Crippen molar-refractivity contribution in [3.63, 3.8) is 0 Å². The van der Waals surface area contributed by atoms with Crippen LogP contribution in [-0.4, -0.2) is 12.6 Å². The van der Waals surface area contributed by atoms with Crippen molar-refractivity contribution < 1.29 is 0 Å². The lowest BCUT2D eigenvalue weighted by Crippen LogP contribution is -2.34. The maximum Gasteiger partial charge on any atom is 0.00860 e. The van der Waals surface area contributed by atoms with Gasteiger partial charge in [-0.15, -0.1) is 11.3 Å². The Labute approximate surface area is 97.9 Å². The fraction of sp³-hybridized carbons (Fsp3) is 0.692. The molecule has 2 heteroatoms. The van der Waals surface area contributed by atoms with Crippen LogP contribution in [0.3, 0.4) is 0 Å². The van der Waals surface area contributed by atoms with Crippen molar-refractivity contribution in [3.8, 4) is 0 Å². The van der Waals surface area contributed by atoms with Crippen LogP contribution in [0.5, 0.6) is 0 Å². The van der Waals surface area contributed by atoms with E-state index in [0.29, 0.717) is 12.0 Å². The van der Waals surface area contributed by atoms with Gasteiger partial charge in [-0.25, -0.2) is 0 Å². The summed E-state index contributed by atoms with van der Waals surface area (Å²) < 4.78 is 0. The van der Waals surface area contributed by atoms with Crippen molar-refractivity contribution >= 4 is 11.3 Å². The van der Waals surface area contributed by atoms with E-state index >= 15 is 0 Å². The van der Waals surface area contributed by atoms with Gasteiger partial charge in [-0.05, 0) is 24.3 Å². The van der Waals surface area contributed by atoms with Crippen LogP contribution in [-0.2, 0) is 0 Å². The predicted molar refractivity (Wildman–Crippen MR) is 69.7 cm³/mol. The molecule has 86 valence electrons. The van der Waals surface area contributed by atoms with E-state index in [0.717, 1.165) is 12.5 Å². The number of rotatable bonds is 6. The van der Waals surface area contributed by atoms with Crippen LogP contribution in [0.15, 0.2) is 17.5 Å². The highest BCUT2D eigenvalue weighted by Crippen LogP contribution is 2.20. The Morgan fingerprint density at radius 2 is 2.07 bits per heavy atom. The van der Waals surface area contributed by atoms with Gasteiger partial charge in [-0.1, -0.05) is 33.3 Å². The molecule has 0 fully saturated rings. The van der Waals surface area contributed by atoms with Crippen LogP contribution >= 0.6 is 11.3 Å². The molecule has 0 aliphatic carbocycles. The molecular formula is C13H23NS.